The lowest BCUT2D eigenvalue weighted by Crippen LogP contribution is -2.32. The Morgan fingerprint density at radius 2 is 2.00 bits per heavy atom. The number of hydrogen-bond acceptors (Lipinski definition) is 3. The average Bonchev–Trinajstić information content (AvgIpc) is 2.41. The van der Waals surface area contributed by atoms with Gasteiger partial charge < -0.3 is 15.5 Å². The van der Waals surface area contributed by atoms with Gasteiger partial charge in [-0.25, -0.2) is 0 Å². The minimum atomic E-state index is -0.166. The van der Waals surface area contributed by atoms with Gasteiger partial charge in [-0.05, 0) is 56.2 Å². The van der Waals surface area contributed by atoms with E-state index in [0.717, 1.165) is 31.2 Å². The number of phenols is 1. The molecule has 0 spiro atoms. The van der Waals surface area contributed by atoms with Crippen molar-refractivity contribution < 1.29 is 15.0 Å². The van der Waals surface area contributed by atoms with Crippen LogP contribution in [0.5, 0.6) is 5.75 Å². The molecule has 4 heteroatoms. The smallest absolute Gasteiger partial charge is 0.251 e. The molecule has 0 unspecified atom stereocenters. The molecule has 3 N–H and O–H groups in total. The lowest BCUT2D eigenvalue weighted by Gasteiger charge is -2.25. The molecule has 2 rings (SSSR count). The van der Waals surface area contributed by atoms with Crippen molar-refractivity contribution in [1.29, 1.82) is 0 Å². The maximum Gasteiger partial charge on any atom is 0.251 e. The third-order valence-electron chi connectivity index (χ3n) is 3.84. The molecular formula is C15H21NO3. The predicted molar refractivity (Wildman–Crippen MR) is 73.1 cm³/mol. The first-order chi connectivity index (χ1) is 9.06. The largest absolute Gasteiger partial charge is 0.508 e. The molecule has 1 aromatic rings. The lowest BCUT2D eigenvalue weighted by molar-refractivity contribution is 0.0910. The van der Waals surface area contributed by atoms with E-state index in [-0.39, 0.29) is 17.8 Å². The van der Waals surface area contributed by atoms with E-state index in [4.69, 9.17) is 0 Å². The molecule has 1 amide bonds. The Balaban J connectivity index is 1.85. The number of carbonyl (C=O) groups excluding carboxylic acids is 1. The van der Waals surface area contributed by atoms with Crippen LogP contribution in [0.1, 0.15) is 41.6 Å². The summed E-state index contributed by atoms with van der Waals surface area (Å²) in [6.07, 6.45) is 3.40. The van der Waals surface area contributed by atoms with Gasteiger partial charge in [0.2, 0.25) is 0 Å². The van der Waals surface area contributed by atoms with Crippen molar-refractivity contribution in [2.75, 3.05) is 6.54 Å². The van der Waals surface area contributed by atoms with Crippen molar-refractivity contribution in [1.82, 2.24) is 5.32 Å². The number of benzene rings is 1. The zero-order valence-corrected chi connectivity index (χ0v) is 11.2. The highest BCUT2D eigenvalue weighted by molar-refractivity contribution is 5.94. The second kappa shape index (κ2) is 6.06. The third kappa shape index (κ3) is 3.70. The molecule has 0 heterocycles. The third-order valence-corrected chi connectivity index (χ3v) is 3.84. The molecule has 4 nitrogen and oxygen atoms in total. The molecular weight excluding hydrogens is 242 g/mol. The molecule has 1 fully saturated rings. The van der Waals surface area contributed by atoms with Crippen LogP contribution in [0.4, 0.5) is 0 Å². The molecule has 0 atom stereocenters. The van der Waals surface area contributed by atoms with E-state index in [9.17, 15) is 15.0 Å². The maximum absolute atomic E-state index is 11.9. The standard InChI is InChI=1S/C15H21NO3/c1-10-2-5-12(8-14(10)18)15(19)16-9-11-3-6-13(17)7-4-11/h2,5,8,11,13,17-18H,3-4,6-7,9H2,1H3,(H,16,19). The van der Waals surface area contributed by atoms with Crippen molar-refractivity contribution in [3.63, 3.8) is 0 Å². The fourth-order valence-electron chi connectivity index (χ4n) is 2.44. The highest BCUT2D eigenvalue weighted by atomic mass is 16.3. The second-order valence-electron chi connectivity index (χ2n) is 5.39. The van der Waals surface area contributed by atoms with E-state index in [1.54, 1.807) is 19.1 Å². The van der Waals surface area contributed by atoms with Crippen LogP contribution in [0.25, 0.3) is 0 Å². The molecule has 104 valence electrons. The van der Waals surface area contributed by atoms with E-state index in [2.05, 4.69) is 5.32 Å². The average molecular weight is 263 g/mol. The Labute approximate surface area is 113 Å². The summed E-state index contributed by atoms with van der Waals surface area (Å²) in [7, 11) is 0. The molecule has 0 aromatic heterocycles. The molecule has 1 aliphatic carbocycles. The fraction of sp³-hybridized carbons (Fsp3) is 0.533. The number of aromatic hydroxyl groups is 1. The summed E-state index contributed by atoms with van der Waals surface area (Å²) in [6, 6.07) is 4.95. The van der Waals surface area contributed by atoms with Gasteiger partial charge in [-0.1, -0.05) is 6.07 Å². The van der Waals surface area contributed by atoms with E-state index < -0.39 is 0 Å². The number of aryl methyl sites for hydroxylation is 1. The summed E-state index contributed by atoms with van der Waals surface area (Å²) >= 11 is 0. The van der Waals surface area contributed by atoms with Gasteiger partial charge in [0, 0.05) is 12.1 Å². The second-order valence-corrected chi connectivity index (χ2v) is 5.39. The SMILES string of the molecule is Cc1ccc(C(=O)NCC2CCC(O)CC2)cc1O. The quantitative estimate of drug-likeness (QED) is 0.781. The molecule has 1 saturated carbocycles. The van der Waals surface area contributed by atoms with Crippen LogP contribution < -0.4 is 5.32 Å². The number of nitrogens with one attached hydrogen (secondary N) is 1. The van der Waals surface area contributed by atoms with Crippen molar-refractivity contribution in [3.05, 3.63) is 29.3 Å². The molecule has 0 bridgehead atoms. The Kier molecular flexibility index (Phi) is 4.43. The van der Waals surface area contributed by atoms with Crippen molar-refractivity contribution >= 4 is 5.91 Å². The molecule has 19 heavy (non-hydrogen) atoms. The molecule has 1 aliphatic rings. The fourth-order valence-corrected chi connectivity index (χ4v) is 2.44. The number of hydrogen-bond donors (Lipinski definition) is 3. The number of aliphatic hydroxyl groups is 1. The van der Waals surface area contributed by atoms with E-state index in [1.165, 1.54) is 6.07 Å². The summed E-state index contributed by atoms with van der Waals surface area (Å²) in [5.74, 6) is 0.446. The van der Waals surface area contributed by atoms with Crippen LogP contribution in [0.2, 0.25) is 0 Å². The Morgan fingerprint density at radius 1 is 1.32 bits per heavy atom. The first-order valence-corrected chi connectivity index (χ1v) is 6.82. The van der Waals surface area contributed by atoms with Crippen LogP contribution in [0, 0.1) is 12.8 Å². The van der Waals surface area contributed by atoms with Gasteiger partial charge in [0.1, 0.15) is 5.75 Å². The summed E-state index contributed by atoms with van der Waals surface area (Å²) in [5, 5.41) is 21.9. The van der Waals surface area contributed by atoms with Crippen LogP contribution in [-0.4, -0.2) is 28.8 Å². The van der Waals surface area contributed by atoms with Gasteiger partial charge in [-0.3, -0.25) is 4.79 Å². The van der Waals surface area contributed by atoms with Gasteiger partial charge in [0.05, 0.1) is 6.10 Å². The van der Waals surface area contributed by atoms with E-state index in [1.807, 2.05) is 0 Å². The van der Waals surface area contributed by atoms with Crippen LogP contribution in [-0.2, 0) is 0 Å². The van der Waals surface area contributed by atoms with Gasteiger partial charge in [-0.2, -0.15) is 0 Å². The minimum Gasteiger partial charge on any atom is -0.508 e. The number of carbonyl (C=O) groups is 1. The van der Waals surface area contributed by atoms with Crippen LogP contribution in [0.15, 0.2) is 18.2 Å². The van der Waals surface area contributed by atoms with Gasteiger partial charge in [0.25, 0.3) is 5.91 Å². The first kappa shape index (κ1) is 13.9. The minimum absolute atomic E-state index is 0.147. The van der Waals surface area contributed by atoms with Crippen molar-refractivity contribution in [2.45, 2.75) is 38.7 Å². The normalized spacial score (nSPS) is 23.1. The number of aliphatic hydroxyl groups excluding tert-OH is 1. The highest BCUT2D eigenvalue weighted by Crippen LogP contribution is 2.23. The highest BCUT2D eigenvalue weighted by Gasteiger charge is 2.20. The van der Waals surface area contributed by atoms with Crippen molar-refractivity contribution in [3.8, 4) is 5.75 Å². The predicted octanol–water partition coefficient (Wildman–Crippen LogP) is 1.98. The maximum atomic E-state index is 11.9. The molecule has 0 aliphatic heterocycles. The van der Waals surface area contributed by atoms with E-state index >= 15 is 0 Å². The molecule has 0 radical (unpaired) electrons. The first-order valence-electron chi connectivity index (χ1n) is 6.82. The van der Waals surface area contributed by atoms with Crippen LogP contribution >= 0.6 is 0 Å². The summed E-state index contributed by atoms with van der Waals surface area (Å²) in [6.45, 7) is 2.44. The number of amides is 1. The topological polar surface area (TPSA) is 69.6 Å². The van der Waals surface area contributed by atoms with Crippen LogP contribution in [0.3, 0.4) is 0 Å². The zero-order valence-electron chi connectivity index (χ0n) is 11.2. The number of phenolic OH excluding ortho intramolecular Hbond substituents is 1. The van der Waals surface area contributed by atoms with Gasteiger partial charge in [-0.15, -0.1) is 0 Å². The molecule has 0 saturated heterocycles. The summed E-state index contributed by atoms with van der Waals surface area (Å²) in [4.78, 5) is 11.9. The van der Waals surface area contributed by atoms with Gasteiger partial charge >= 0.3 is 0 Å². The zero-order chi connectivity index (χ0) is 13.8. The Hall–Kier alpha value is -1.55. The van der Waals surface area contributed by atoms with Gasteiger partial charge in [0.15, 0.2) is 0 Å². The number of rotatable bonds is 3. The molecule has 1 aromatic carbocycles. The van der Waals surface area contributed by atoms with E-state index in [0.29, 0.717) is 18.0 Å². The Bertz CT molecular complexity index is 451. The monoisotopic (exact) mass is 263 g/mol. The summed E-state index contributed by atoms with van der Waals surface area (Å²) < 4.78 is 0. The Morgan fingerprint density at radius 3 is 2.63 bits per heavy atom. The van der Waals surface area contributed by atoms with Crippen molar-refractivity contribution in [2.24, 2.45) is 5.92 Å². The lowest BCUT2D eigenvalue weighted by atomic mass is 9.87. The summed E-state index contributed by atoms with van der Waals surface area (Å²) in [5.41, 5.74) is 1.25.